The summed E-state index contributed by atoms with van der Waals surface area (Å²) in [7, 11) is 0. The first-order valence-electron chi connectivity index (χ1n) is 13.2. The summed E-state index contributed by atoms with van der Waals surface area (Å²) in [6.45, 7) is 7.04. The molecule has 1 aliphatic rings. The first-order valence-corrected chi connectivity index (χ1v) is 13.2. The number of halogens is 1. The minimum Gasteiger partial charge on any atom is -0.443 e. The molecule has 9 nitrogen and oxygen atoms in total. The van der Waals surface area contributed by atoms with E-state index in [-0.39, 0.29) is 11.2 Å². The monoisotopic (exact) mass is 536 g/mol. The molecule has 1 saturated carbocycles. The molecule has 0 radical (unpaired) electrons. The van der Waals surface area contributed by atoms with Gasteiger partial charge in [0.2, 0.25) is 0 Å². The number of anilines is 2. The van der Waals surface area contributed by atoms with Crippen LogP contribution in [-0.2, 0) is 0 Å². The predicted molar refractivity (Wildman–Crippen MR) is 150 cm³/mol. The zero-order valence-electron chi connectivity index (χ0n) is 22.5. The molecule has 0 spiro atoms. The maximum Gasteiger partial charge on any atom is 0.181 e. The van der Waals surface area contributed by atoms with Crippen molar-refractivity contribution < 1.29 is 8.81 Å². The van der Waals surface area contributed by atoms with Crippen molar-refractivity contribution in [2.75, 3.05) is 17.2 Å². The van der Waals surface area contributed by atoms with E-state index in [4.69, 9.17) is 4.42 Å². The number of hydrogen-bond donors (Lipinski definition) is 2. The van der Waals surface area contributed by atoms with Gasteiger partial charge in [-0.15, -0.1) is 5.10 Å². The van der Waals surface area contributed by atoms with Crippen LogP contribution in [0.2, 0.25) is 0 Å². The molecule has 1 aliphatic carbocycles. The van der Waals surface area contributed by atoms with Crippen LogP contribution in [0.3, 0.4) is 0 Å². The Morgan fingerprint density at radius 2 is 1.98 bits per heavy atom. The summed E-state index contributed by atoms with van der Waals surface area (Å²) in [5.41, 5.74) is 4.81. The van der Waals surface area contributed by atoms with Crippen LogP contribution in [0.5, 0.6) is 0 Å². The van der Waals surface area contributed by atoms with E-state index in [1.54, 1.807) is 24.5 Å². The summed E-state index contributed by atoms with van der Waals surface area (Å²) in [4.78, 5) is 8.75. The first kappa shape index (κ1) is 25.5. The van der Waals surface area contributed by atoms with Crippen molar-refractivity contribution in [2.45, 2.75) is 45.7 Å². The van der Waals surface area contributed by atoms with Gasteiger partial charge in [0.1, 0.15) is 17.6 Å². The van der Waals surface area contributed by atoms with Crippen LogP contribution in [0.4, 0.5) is 15.8 Å². The number of nitrogens with zero attached hydrogens (tertiary/aromatic N) is 6. The van der Waals surface area contributed by atoms with Gasteiger partial charge in [-0.05, 0) is 48.1 Å². The van der Waals surface area contributed by atoms with E-state index in [1.807, 2.05) is 23.0 Å². The summed E-state index contributed by atoms with van der Waals surface area (Å²) in [5.74, 6) is 0.234. The minimum absolute atomic E-state index is 0.0208. The number of benzene rings is 2. The number of nitriles is 1. The fraction of sp³-hybridized carbons (Fsp3) is 0.300. The molecule has 2 aromatic carbocycles. The normalized spacial score (nSPS) is 14.2. The zero-order chi connectivity index (χ0) is 27.9. The predicted octanol–water partition coefficient (Wildman–Crippen LogP) is 6.49. The largest absolute Gasteiger partial charge is 0.443 e. The third-order valence-corrected chi connectivity index (χ3v) is 6.84. The lowest BCUT2D eigenvalue weighted by Crippen LogP contribution is -2.20. The molecule has 1 fully saturated rings. The van der Waals surface area contributed by atoms with E-state index in [1.165, 1.54) is 18.5 Å². The molecule has 1 unspecified atom stereocenters. The Morgan fingerprint density at radius 3 is 2.65 bits per heavy atom. The Labute approximate surface area is 231 Å². The van der Waals surface area contributed by atoms with Crippen molar-refractivity contribution in [3.8, 4) is 17.4 Å². The number of hydrogen-bond acceptors (Lipinski definition) is 8. The van der Waals surface area contributed by atoms with Crippen LogP contribution in [0.1, 0.15) is 62.5 Å². The first-order chi connectivity index (χ1) is 19.3. The Balaban J connectivity index is 1.50. The van der Waals surface area contributed by atoms with E-state index < -0.39 is 6.04 Å². The standard InChI is InChI=1S/C30H29FN8O/c1-30(2,3)16-35-27-19(12-32)13-34-29-23(26-14-33-17-40-26)10-21(11-24(27)29)36-28(18-4-6-20(31)7-5-18)25-15-39(38-37-25)22-8-9-22/h4-7,10-11,13-15,17,22,28,36H,8-9,16H2,1-3H3,(H,34,35). The van der Waals surface area contributed by atoms with E-state index in [0.29, 0.717) is 35.1 Å². The van der Waals surface area contributed by atoms with Crippen LogP contribution in [0, 0.1) is 22.6 Å². The molecule has 0 aliphatic heterocycles. The van der Waals surface area contributed by atoms with Gasteiger partial charge in [0.05, 0.1) is 41.2 Å². The molecule has 0 amide bonds. The summed E-state index contributed by atoms with van der Waals surface area (Å²) in [6.07, 6.45) is 8.71. The van der Waals surface area contributed by atoms with Crippen molar-refractivity contribution in [3.05, 3.63) is 84.0 Å². The molecular weight excluding hydrogens is 507 g/mol. The van der Waals surface area contributed by atoms with Gasteiger partial charge in [-0.1, -0.05) is 38.1 Å². The summed E-state index contributed by atoms with van der Waals surface area (Å²) >= 11 is 0. The number of fused-ring (bicyclic) bond motifs is 1. The highest BCUT2D eigenvalue weighted by Gasteiger charge is 2.27. The average molecular weight is 537 g/mol. The smallest absolute Gasteiger partial charge is 0.181 e. The van der Waals surface area contributed by atoms with Crippen molar-refractivity contribution >= 4 is 22.3 Å². The molecule has 5 aromatic rings. The van der Waals surface area contributed by atoms with Gasteiger partial charge < -0.3 is 15.1 Å². The second-order valence-electron chi connectivity index (χ2n) is 11.3. The molecule has 6 rings (SSSR count). The van der Waals surface area contributed by atoms with Crippen molar-refractivity contribution in [1.82, 2.24) is 25.0 Å². The fourth-order valence-corrected chi connectivity index (χ4v) is 4.64. The molecule has 3 heterocycles. The van der Waals surface area contributed by atoms with Crippen molar-refractivity contribution in [3.63, 3.8) is 0 Å². The van der Waals surface area contributed by atoms with Gasteiger partial charge in [0.25, 0.3) is 0 Å². The molecule has 0 saturated heterocycles. The second-order valence-corrected chi connectivity index (χ2v) is 11.3. The Hall–Kier alpha value is -4.78. The van der Waals surface area contributed by atoms with Crippen LogP contribution in [-0.4, -0.2) is 31.5 Å². The van der Waals surface area contributed by atoms with Gasteiger partial charge in [-0.2, -0.15) is 5.26 Å². The van der Waals surface area contributed by atoms with Gasteiger partial charge in [0.15, 0.2) is 12.2 Å². The molecule has 1 atom stereocenters. The van der Waals surface area contributed by atoms with Crippen LogP contribution in [0.15, 0.2) is 65.8 Å². The topological polar surface area (TPSA) is 117 Å². The van der Waals surface area contributed by atoms with Gasteiger partial charge in [-0.25, -0.2) is 14.1 Å². The maximum absolute atomic E-state index is 13.8. The van der Waals surface area contributed by atoms with E-state index in [0.717, 1.165) is 40.7 Å². The molecule has 10 heteroatoms. The number of aromatic nitrogens is 5. The SMILES string of the molecule is CC(C)(C)CNc1c(C#N)cnc2c(-c3cnco3)cc(NC(c3ccc(F)cc3)c3cn(C4CC4)nn3)cc12. The van der Waals surface area contributed by atoms with Gasteiger partial charge in [0, 0.05) is 29.4 Å². The van der Waals surface area contributed by atoms with Gasteiger partial charge in [-0.3, -0.25) is 4.98 Å². The molecule has 202 valence electrons. The summed E-state index contributed by atoms with van der Waals surface area (Å²) in [5, 5.41) is 26.6. The quantitative estimate of drug-likeness (QED) is 0.231. The maximum atomic E-state index is 13.8. The minimum atomic E-state index is -0.411. The molecule has 0 bridgehead atoms. The molecule has 3 aromatic heterocycles. The highest BCUT2D eigenvalue weighted by atomic mass is 19.1. The second kappa shape index (κ2) is 10.1. The number of oxazole rings is 1. The summed E-state index contributed by atoms with van der Waals surface area (Å²) in [6, 6.07) is 12.5. The van der Waals surface area contributed by atoms with E-state index in [9.17, 15) is 9.65 Å². The lowest BCUT2D eigenvalue weighted by molar-refractivity contribution is 0.443. The van der Waals surface area contributed by atoms with Crippen molar-refractivity contribution in [1.29, 1.82) is 5.26 Å². The van der Waals surface area contributed by atoms with Crippen LogP contribution >= 0.6 is 0 Å². The van der Waals surface area contributed by atoms with E-state index >= 15 is 0 Å². The fourth-order valence-electron chi connectivity index (χ4n) is 4.64. The third kappa shape index (κ3) is 5.23. The third-order valence-electron chi connectivity index (χ3n) is 6.84. The number of pyridine rings is 1. The van der Waals surface area contributed by atoms with E-state index in [2.05, 4.69) is 57.8 Å². The highest BCUT2D eigenvalue weighted by molar-refractivity contribution is 6.03. The van der Waals surface area contributed by atoms with Crippen molar-refractivity contribution in [2.24, 2.45) is 5.41 Å². The zero-order valence-corrected chi connectivity index (χ0v) is 22.5. The highest BCUT2D eigenvalue weighted by Crippen LogP contribution is 2.39. The number of nitrogens with one attached hydrogen (secondary N) is 2. The van der Waals surface area contributed by atoms with Crippen LogP contribution in [0.25, 0.3) is 22.2 Å². The van der Waals surface area contributed by atoms with Crippen LogP contribution < -0.4 is 10.6 Å². The Kier molecular flexibility index (Phi) is 6.42. The molecule has 2 N–H and O–H groups in total. The van der Waals surface area contributed by atoms with Gasteiger partial charge >= 0.3 is 0 Å². The number of rotatable bonds is 8. The molecular formula is C30H29FN8O. The summed E-state index contributed by atoms with van der Waals surface area (Å²) < 4.78 is 21.4. The average Bonchev–Trinajstić information content (AvgIpc) is 3.42. The Morgan fingerprint density at radius 1 is 1.18 bits per heavy atom. The lowest BCUT2D eigenvalue weighted by atomic mass is 9.96. The molecule has 40 heavy (non-hydrogen) atoms. The lowest BCUT2D eigenvalue weighted by Gasteiger charge is -2.23. The Bertz CT molecular complexity index is 1690.